The van der Waals surface area contributed by atoms with Crippen molar-refractivity contribution in [3.05, 3.63) is 28.8 Å². The fraction of sp³-hybridized carbons (Fsp3) is 0.364. The van der Waals surface area contributed by atoms with Crippen molar-refractivity contribution in [3.63, 3.8) is 0 Å². The summed E-state index contributed by atoms with van der Waals surface area (Å²) in [6.07, 6.45) is 1.01. The Hall–Kier alpha value is -0.740. The topological polar surface area (TPSA) is 49.3 Å². The number of carboxylic acids is 1. The number of alkyl halides is 1. The lowest BCUT2D eigenvalue weighted by atomic mass is 10.1. The number of hydrogen-bond donors (Lipinski definition) is 2. The average molecular weight is 307 g/mol. The van der Waals surface area contributed by atoms with Gasteiger partial charge in [0.2, 0.25) is 0 Å². The Labute approximate surface area is 108 Å². The highest BCUT2D eigenvalue weighted by Gasteiger charge is 2.04. The molecule has 88 valence electrons. The van der Waals surface area contributed by atoms with Crippen molar-refractivity contribution in [1.82, 2.24) is 0 Å². The van der Waals surface area contributed by atoms with E-state index in [-0.39, 0.29) is 6.42 Å². The minimum atomic E-state index is -0.851. The van der Waals surface area contributed by atoms with Crippen molar-refractivity contribution in [2.75, 3.05) is 17.2 Å². The van der Waals surface area contributed by atoms with Gasteiger partial charge >= 0.3 is 5.97 Å². The van der Waals surface area contributed by atoms with Crippen molar-refractivity contribution >= 4 is 39.2 Å². The highest BCUT2D eigenvalue weighted by atomic mass is 79.9. The fourth-order valence-electron chi connectivity index (χ4n) is 1.28. The summed E-state index contributed by atoms with van der Waals surface area (Å²) in [5, 5.41) is 13.3. The summed E-state index contributed by atoms with van der Waals surface area (Å²) in [6.45, 7) is 0.837. The molecule has 0 bridgehead atoms. The quantitative estimate of drug-likeness (QED) is 0.627. The molecule has 0 aromatic heterocycles. The van der Waals surface area contributed by atoms with Gasteiger partial charge in [0.1, 0.15) is 0 Å². The van der Waals surface area contributed by atoms with Crippen molar-refractivity contribution in [2.45, 2.75) is 12.8 Å². The molecule has 5 heteroatoms. The third-order valence-corrected chi connectivity index (χ3v) is 2.89. The molecule has 2 N–H and O–H groups in total. The minimum absolute atomic E-state index is 0.00139. The third kappa shape index (κ3) is 4.41. The van der Waals surface area contributed by atoms with Crippen LogP contribution in [-0.4, -0.2) is 23.0 Å². The van der Waals surface area contributed by atoms with Crippen molar-refractivity contribution < 1.29 is 9.90 Å². The van der Waals surface area contributed by atoms with Gasteiger partial charge in [0.25, 0.3) is 0 Å². The molecule has 0 saturated heterocycles. The van der Waals surface area contributed by atoms with Crippen molar-refractivity contribution in [1.29, 1.82) is 0 Å². The van der Waals surface area contributed by atoms with Gasteiger partial charge in [-0.15, -0.1) is 0 Å². The molecule has 0 aliphatic carbocycles. The minimum Gasteiger partial charge on any atom is -0.481 e. The van der Waals surface area contributed by atoms with Gasteiger partial charge in [-0.05, 0) is 24.1 Å². The Balaban J connectivity index is 2.64. The van der Waals surface area contributed by atoms with Crippen LogP contribution in [0.4, 0.5) is 5.69 Å². The van der Waals surface area contributed by atoms with Crippen LogP contribution in [0.15, 0.2) is 18.2 Å². The van der Waals surface area contributed by atoms with Gasteiger partial charge in [0.15, 0.2) is 0 Å². The van der Waals surface area contributed by atoms with Gasteiger partial charge in [-0.2, -0.15) is 0 Å². The second kappa shape index (κ2) is 6.76. The molecule has 0 radical (unpaired) electrons. The lowest BCUT2D eigenvalue weighted by Gasteiger charge is -2.08. The van der Waals surface area contributed by atoms with Crippen molar-refractivity contribution in [2.24, 2.45) is 0 Å². The van der Waals surface area contributed by atoms with Gasteiger partial charge < -0.3 is 10.4 Å². The molecule has 0 heterocycles. The number of anilines is 1. The highest BCUT2D eigenvalue weighted by Crippen LogP contribution is 2.23. The maximum Gasteiger partial charge on any atom is 0.307 e. The summed E-state index contributed by atoms with van der Waals surface area (Å²) >= 11 is 9.37. The van der Waals surface area contributed by atoms with Gasteiger partial charge in [0.05, 0.1) is 17.1 Å². The zero-order chi connectivity index (χ0) is 12.0. The molecule has 16 heavy (non-hydrogen) atoms. The normalized spacial score (nSPS) is 10.1. The summed E-state index contributed by atoms with van der Waals surface area (Å²) < 4.78 is 0. The zero-order valence-electron chi connectivity index (χ0n) is 8.67. The number of nitrogens with one attached hydrogen (secondary N) is 1. The summed E-state index contributed by atoms with van der Waals surface area (Å²) in [5.74, 6) is -0.851. The molecule has 0 amide bonds. The van der Waals surface area contributed by atoms with Crippen LogP contribution in [0.3, 0.4) is 0 Å². The molecule has 0 saturated carbocycles. The Morgan fingerprint density at radius 2 is 2.25 bits per heavy atom. The number of rotatable bonds is 6. The number of carboxylic acid groups (broad SMARTS) is 1. The fourth-order valence-corrected chi connectivity index (χ4v) is 1.83. The van der Waals surface area contributed by atoms with Crippen LogP contribution < -0.4 is 5.32 Å². The molecule has 0 unspecified atom stereocenters. The van der Waals surface area contributed by atoms with Crippen LogP contribution >= 0.6 is 27.5 Å². The van der Waals surface area contributed by atoms with E-state index in [2.05, 4.69) is 21.2 Å². The van der Waals surface area contributed by atoms with Crippen LogP contribution in [-0.2, 0) is 11.2 Å². The first-order valence-corrected chi connectivity index (χ1v) is 6.43. The Bertz CT molecular complexity index is 371. The molecule has 1 aromatic carbocycles. The Kier molecular flexibility index (Phi) is 5.63. The van der Waals surface area contributed by atoms with Gasteiger partial charge in [-0.3, -0.25) is 4.79 Å². The van der Waals surface area contributed by atoms with E-state index in [1.165, 1.54) is 0 Å². The second-order valence-electron chi connectivity index (χ2n) is 3.35. The number of carbonyl (C=O) groups is 1. The maximum absolute atomic E-state index is 10.5. The lowest BCUT2D eigenvalue weighted by Crippen LogP contribution is -2.04. The predicted octanol–water partition coefficient (Wildman–Crippen LogP) is 3.16. The van der Waals surface area contributed by atoms with E-state index < -0.39 is 5.97 Å². The lowest BCUT2D eigenvalue weighted by molar-refractivity contribution is -0.136. The monoisotopic (exact) mass is 305 g/mol. The van der Waals surface area contributed by atoms with Crippen LogP contribution in [0.1, 0.15) is 12.0 Å². The molecule has 1 rings (SSSR count). The summed E-state index contributed by atoms with van der Waals surface area (Å²) in [7, 11) is 0. The van der Waals surface area contributed by atoms with Crippen LogP contribution in [0, 0.1) is 0 Å². The molecular weight excluding hydrogens is 293 g/mol. The van der Waals surface area contributed by atoms with Crippen LogP contribution in [0.5, 0.6) is 0 Å². The molecule has 0 aliphatic rings. The third-order valence-electron chi connectivity index (χ3n) is 2.01. The molecule has 3 nitrogen and oxygen atoms in total. The Morgan fingerprint density at radius 3 is 2.81 bits per heavy atom. The van der Waals surface area contributed by atoms with Crippen LogP contribution in [0.25, 0.3) is 0 Å². The number of benzene rings is 1. The summed E-state index contributed by atoms with van der Waals surface area (Å²) in [6, 6.07) is 5.28. The first kappa shape index (κ1) is 13.3. The average Bonchev–Trinajstić information content (AvgIpc) is 2.20. The van der Waals surface area contributed by atoms with E-state index in [9.17, 15) is 4.79 Å². The Morgan fingerprint density at radius 1 is 1.50 bits per heavy atom. The smallest absolute Gasteiger partial charge is 0.307 e. The van der Waals surface area contributed by atoms with E-state index in [1.54, 1.807) is 12.1 Å². The van der Waals surface area contributed by atoms with E-state index in [0.717, 1.165) is 24.0 Å². The number of aliphatic carboxylic acids is 1. The molecule has 0 spiro atoms. The van der Waals surface area contributed by atoms with E-state index >= 15 is 0 Å². The van der Waals surface area contributed by atoms with Gasteiger partial charge in [-0.1, -0.05) is 33.6 Å². The number of hydrogen-bond acceptors (Lipinski definition) is 2. The second-order valence-corrected chi connectivity index (χ2v) is 4.55. The first-order valence-electron chi connectivity index (χ1n) is 4.93. The largest absolute Gasteiger partial charge is 0.481 e. The standard InChI is InChI=1S/C11H13BrClNO2/c12-4-1-5-14-10-3-2-8(6-9(10)13)7-11(15)16/h2-3,6,14H,1,4-5,7H2,(H,15,16). The molecule has 0 atom stereocenters. The van der Waals surface area contributed by atoms with E-state index in [1.807, 2.05) is 6.07 Å². The molecular formula is C11H13BrClNO2. The molecule has 1 aromatic rings. The maximum atomic E-state index is 10.5. The summed E-state index contributed by atoms with van der Waals surface area (Å²) in [4.78, 5) is 10.5. The molecule has 0 fully saturated rings. The van der Waals surface area contributed by atoms with Crippen LogP contribution in [0.2, 0.25) is 5.02 Å². The first-order chi connectivity index (χ1) is 7.63. The highest BCUT2D eigenvalue weighted by molar-refractivity contribution is 9.09. The molecule has 0 aliphatic heterocycles. The zero-order valence-corrected chi connectivity index (χ0v) is 11.0. The summed E-state index contributed by atoms with van der Waals surface area (Å²) in [5.41, 5.74) is 1.56. The van der Waals surface area contributed by atoms with Crippen molar-refractivity contribution in [3.8, 4) is 0 Å². The van der Waals surface area contributed by atoms with E-state index in [4.69, 9.17) is 16.7 Å². The number of halogens is 2. The van der Waals surface area contributed by atoms with E-state index in [0.29, 0.717) is 10.6 Å². The van der Waals surface area contributed by atoms with Gasteiger partial charge in [0, 0.05) is 11.9 Å². The predicted molar refractivity (Wildman–Crippen MR) is 69.7 cm³/mol. The van der Waals surface area contributed by atoms with Gasteiger partial charge in [-0.25, -0.2) is 0 Å². The SMILES string of the molecule is O=C(O)Cc1ccc(NCCCBr)c(Cl)c1.